The molecule has 0 saturated carbocycles. The van der Waals surface area contributed by atoms with Gasteiger partial charge in [-0.25, -0.2) is 14.6 Å². The van der Waals surface area contributed by atoms with E-state index in [9.17, 15) is 0 Å². The Morgan fingerprint density at radius 3 is 2.71 bits per heavy atom. The molecule has 1 aliphatic heterocycles. The first-order chi connectivity index (χ1) is 17.2. The van der Waals surface area contributed by atoms with Gasteiger partial charge in [0.2, 0.25) is 0 Å². The van der Waals surface area contributed by atoms with Gasteiger partial charge < -0.3 is 25.2 Å². The molecule has 0 bridgehead atoms. The molecule has 0 unspecified atom stereocenters. The molecule has 182 valence electrons. The van der Waals surface area contributed by atoms with Crippen molar-refractivity contribution >= 4 is 28.1 Å². The van der Waals surface area contributed by atoms with Crippen LogP contribution in [0.1, 0.15) is 6.42 Å². The Hall–Kier alpha value is -3.69. The highest BCUT2D eigenvalue weighted by atomic mass is 16.5. The fraction of sp³-hybridized carbons (Fsp3) is 0.346. The molecule has 2 N–H and O–H groups in total. The second-order valence-corrected chi connectivity index (χ2v) is 8.81. The number of aromatic nitrogens is 4. The topological polar surface area (TPSA) is 83.4 Å². The van der Waals surface area contributed by atoms with Gasteiger partial charge >= 0.3 is 0 Å². The Balaban J connectivity index is 1.29. The lowest BCUT2D eigenvalue weighted by Crippen LogP contribution is -2.44. The fourth-order valence-corrected chi connectivity index (χ4v) is 4.32. The minimum atomic E-state index is 0.670. The van der Waals surface area contributed by atoms with E-state index in [1.807, 2.05) is 60.4 Å². The van der Waals surface area contributed by atoms with Gasteiger partial charge in [0.25, 0.3) is 0 Å². The van der Waals surface area contributed by atoms with Crippen LogP contribution < -0.4 is 15.4 Å². The molecule has 3 heterocycles. The molecule has 0 aliphatic carbocycles. The van der Waals surface area contributed by atoms with Gasteiger partial charge in [0.1, 0.15) is 17.9 Å². The Morgan fingerprint density at radius 2 is 1.91 bits per heavy atom. The van der Waals surface area contributed by atoms with Crippen LogP contribution in [0.5, 0.6) is 5.75 Å². The zero-order valence-electron chi connectivity index (χ0n) is 20.3. The lowest BCUT2D eigenvalue weighted by molar-refractivity contribution is 0.145. The van der Waals surface area contributed by atoms with E-state index < -0.39 is 0 Å². The Bertz CT molecular complexity index is 1250. The van der Waals surface area contributed by atoms with Crippen LogP contribution in [0.15, 0.2) is 61.2 Å². The number of benzene rings is 2. The van der Waals surface area contributed by atoms with E-state index in [0.29, 0.717) is 6.61 Å². The van der Waals surface area contributed by atoms with E-state index in [-0.39, 0.29) is 0 Å². The van der Waals surface area contributed by atoms with Crippen molar-refractivity contribution in [3.05, 3.63) is 61.2 Å². The second kappa shape index (κ2) is 10.7. The lowest BCUT2D eigenvalue weighted by Gasteiger charge is -2.32. The van der Waals surface area contributed by atoms with E-state index in [2.05, 4.69) is 42.5 Å². The highest BCUT2D eigenvalue weighted by Crippen LogP contribution is 2.33. The maximum absolute atomic E-state index is 6.17. The molecule has 5 rings (SSSR count). The number of fused-ring (bicyclic) bond motifs is 1. The molecule has 0 radical (unpaired) electrons. The van der Waals surface area contributed by atoms with E-state index in [4.69, 9.17) is 4.74 Å². The molecule has 1 aliphatic rings. The highest BCUT2D eigenvalue weighted by Gasteiger charge is 2.14. The molecule has 2 aromatic carbocycles. The SMILES string of the molecule is CNc1cc2c(Nc3cccc(-n4cccn4)c3)ncnc2cc1OCCCN1CCN(C)CC1. The van der Waals surface area contributed by atoms with Crippen LogP contribution in [0.25, 0.3) is 16.6 Å². The van der Waals surface area contributed by atoms with Crippen molar-refractivity contribution < 1.29 is 4.74 Å². The molecule has 9 nitrogen and oxygen atoms in total. The molecule has 0 amide bonds. The first-order valence-corrected chi connectivity index (χ1v) is 12.1. The maximum Gasteiger partial charge on any atom is 0.144 e. The number of likely N-dealkylation sites (N-methyl/N-ethyl adjacent to an activating group) is 1. The molecule has 4 aromatic rings. The standard InChI is InChI=1S/C26H32N8O/c1-27-24-17-22-23(18-25(24)35-15-5-9-33-13-11-32(2)12-14-33)28-19-29-26(22)31-20-6-3-7-21(16-20)34-10-4-8-30-34/h3-4,6-8,10,16-19,27H,5,9,11-15H2,1-2H3,(H,28,29,31). The summed E-state index contributed by atoms with van der Waals surface area (Å²) in [4.78, 5) is 13.9. The number of hydrogen-bond acceptors (Lipinski definition) is 8. The van der Waals surface area contributed by atoms with Gasteiger partial charge in [-0.2, -0.15) is 5.10 Å². The summed E-state index contributed by atoms with van der Waals surface area (Å²) in [6.07, 6.45) is 6.26. The molecular weight excluding hydrogens is 440 g/mol. The van der Waals surface area contributed by atoms with Crippen molar-refractivity contribution in [3.8, 4) is 11.4 Å². The number of nitrogens with one attached hydrogen (secondary N) is 2. The molecule has 9 heteroatoms. The van der Waals surface area contributed by atoms with Crippen molar-refractivity contribution in [1.82, 2.24) is 29.5 Å². The van der Waals surface area contributed by atoms with Gasteiger partial charge in [-0.05, 0) is 43.8 Å². The summed E-state index contributed by atoms with van der Waals surface area (Å²) in [6.45, 7) is 6.27. The van der Waals surface area contributed by atoms with Crippen LogP contribution in [-0.2, 0) is 0 Å². The van der Waals surface area contributed by atoms with E-state index in [1.54, 1.807) is 12.5 Å². The molecular formula is C26H32N8O. The predicted molar refractivity (Wildman–Crippen MR) is 140 cm³/mol. The Morgan fingerprint density at radius 1 is 1.03 bits per heavy atom. The van der Waals surface area contributed by atoms with Crippen molar-refractivity contribution in [2.24, 2.45) is 0 Å². The normalized spacial score (nSPS) is 14.8. The third kappa shape index (κ3) is 5.52. The smallest absolute Gasteiger partial charge is 0.144 e. The number of nitrogens with zero attached hydrogens (tertiary/aromatic N) is 6. The maximum atomic E-state index is 6.17. The van der Waals surface area contributed by atoms with Crippen LogP contribution in [0.3, 0.4) is 0 Å². The van der Waals surface area contributed by atoms with Gasteiger partial charge in [-0.15, -0.1) is 0 Å². The minimum absolute atomic E-state index is 0.670. The average molecular weight is 473 g/mol. The van der Waals surface area contributed by atoms with Gasteiger partial charge in [0.15, 0.2) is 0 Å². The largest absolute Gasteiger partial charge is 0.491 e. The van der Waals surface area contributed by atoms with Crippen molar-refractivity contribution in [2.45, 2.75) is 6.42 Å². The minimum Gasteiger partial charge on any atom is -0.491 e. The van der Waals surface area contributed by atoms with E-state index in [1.165, 1.54) is 0 Å². The predicted octanol–water partition coefficient (Wildman–Crippen LogP) is 3.62. The molecule has 2 aromatic heterocycles. The summed E-state index contributed by atoms with van der Waals surface area (Å²) in [5, 5.41) is 11.9. The summed E-state index contributed by atoms with van der Waals surface area (Å²) in [5.74, 6) is 1.55. The molecule has 35 heavy (non-hydrogen) atoms. The quantitative estimate of drug-likeness (QED) is 0.358. The van der Waals surface area contributed by atoms with Gasteiger partial charge in [-0.1, -0.05) is 6.07 Å². The highest BCUT2D eigenvalue weighted by molar-refractivity contribution is 5.94. The molecule has 1 saturated heterocycles. The van der Waals surface area contributed by atoms with Gasteiger partial charge in [0, 0.05) is 69.3 Å². The molecule has 0 atom stereocenters. The first-order valence-electron chi connectivity index (χ1n) is 12.1. The second-order valence-electron chi connectivity index (χ2n) is 8.81. The summed E-state index contributed by atoms with van der Waals surface area (Å²) in [7, 11) is 4.09. The van der Waals surface area contributed by atoms with Crippen LogP contribution in [0.4, 0.5) is 17.2 Å². The van der Waals surface area contributed by atoms with Crippen molar-refractivity contribution in [3.63, 3.8) is 0 Å². The van der Waals surface area contributed by atoms with E-state index in [0.717, 1.165) is 78.7 Å². The zero-order chi connectivity index (χ0) is 24.0. The van der Waals surface area contributed by atoms with Crippen LogP contribution in [0, 0.1) is 0 Å². The monoisotopic (exact) mass is 472 g/mol. The van der Waals surface area contributed by atoms with Crippen LogP contribution in [-0.4, -0.2) is 83.0 Å². The number of rotatable bonds is 9. The number of ether oxygens (including phenoxy) is 1. The summed E-state index contributed by atoms with van der Waals surface area (Å²) in [5.41, 5.74) is 3.65. The number of piperazine rings is 1. The third-order valence-electron chi connectivity index (χ3n) is 6.36. The molecule has 1 fully saturated rings. The van der Waals surface area contributed by atoms with E-state index >= 15 is 0 Å². The number of anilines is 3. The fourth-order valence-electron chi connectivity index (χ4n) is 4.32. The van der Waals surface area contributed by atoms with Gasteiger partial charge in [-0.3, -0.25) is 0 Å². The van der Waals surface area contributed by atoms with Gasteiger partial charge in [0.05, 0.1) is 23.5 Å². The Kier molecular flexibility index (Phi) is 7.06. The summed E-state index contributed by atoms with van der Waals surface area (Å²) in [6, 6.07) is 14.0. The number of hydrogen-bond donors (Lipinski definition) is 2. The average Bonchev–Trinajstić information content (AvgIpc) is 3.43. The first kappa shape index (κ1) is 23.1. The third-order valence-corrected chi connectivity index (χ3v) is 6.36. The summed E-state index contributed by atoms with van der Waals surface area (Å²) < 4.78 is 8.00. The Labute approximate surface area is 205 Å². The molecule has 0 spiro atoms. The zero-order valence-corrected chi connectivity index (χ0v) is 20.3. The van der Waals surface area contributed by atoms with Crippen molar-refractivity contribution in [1.29, 1.82) is 0 Å². The summed E-state index contributed by atoms with van der Waals surface area (Å²) >= 11 is 0. The lowest BCUT2D eigenvalue weighted by atomic mass is 10.2. The van der Waals surface area contributed by atoms with Crippen molar-refractivity contribution in [2.75, 3.05) is 64.1 Å². The van der Waals surface area contributed by atoms with Crippen LogP contribution >= 0.6 is 0 Å². The van der Waals surface area contributed by atoms with Crippen LogP contribution in [0.2, 0.25) is 0 Å².